The molecule has 1 saturated heterocycles. The molecule has 0 radical (unpaired) electrons. The van der Waals surface area contributed by atoms with Crippen LogP contribution in [0.25, 0.3) is 0 Å². The second kappa shape index (κ2) is 10.7. The minimum absolute atomic E-state index is 0.0526. The zero-order valence-corrected chi connectivity index (χ0v) is 19.4. The van der Waals surface area contributed by atoms with Crippen LogP contribution >= 0.6 is 0 Å². The number of hydrogen-bond acceptors (Lipinski definition) is 5. The molecular weight excluding hydrogens is 420 g/mol. The Morgan fingerprint density at radius 2 is 1.82 bits per heavy atom. The molecule has 0 unspecified atom stereocenters. The molecule has 0 atom stereocenters. The van der Waals surface area contributed by atoms with Crippen LogP contribution in [0.2, 0.25) is 0 Å². The molecule has 0 saturated carbocycles. The molecule has 0 aliphatic carbocycles. The van der Waals surface area contributed by atoms with Crippen LogP contribution in [0.1, 0.15) is 41.6 Å². The fourth-order valence-electron chi connectivity index (χ4n) is 4.66. The fourth-order valence-corrected chi connectivity index (χ4v) is 4.66. The average molecular weight is 453 g/mol. The Kier molecular flexibility index (Phi) is 7.50. The lowest BCUT2D eigenvalue weighted by Crippen LogP contribution is -2.50. The molecule has 1 fully saturated rings. The van der Waals surface area contributed by atoms with Crippen LogP contribution in [0.5, 0.6) is 11.5 Å². The number of ether oxygens (including phenoxy) is 3. The molecule has 0 spiro atoms. The minimum Gasteiger partial charge on any atom is -0.497 e. The van der Waals surface area contributed by atoms with E-state index in [1.54, 1.807) is 32.4 Å². The first-order valence-corrected chi connectivity index (χ1v) is 11.6. The highest BCUT2D eigenvalue weighted by atomic mass is 16.5. The Morgan fingerprint density at radius 1 is 1.03 bits per heavy atom. The van der Waals surface area contributed by atoms with E-state index in [1.807, 2.05) is 28.0 Å². The third kappa shape index (κ3) is 5.14. The summed E-state index contributed by atoms with van der Waals surface area (Å²) in [6, 6.07) is 13.6. The summed E-state index contributed by atoms with van der Waals surface area (Å²) in [6.45, 7) is 2.26. The Labute approximate surface area is 195 Å². The summed E-state index contributed by atoms with van der Waals surface area (Å²) in [5.41, 5.74) is 2.79. The molecule has 33 heavy (non-hydrogen) atoms. The molecule has 176 valence electrons. The Balaban J connectivity index is 1.44. The van der Waals surface area contributed by atoms with Gasteiger partial charge in [-0.25, -0.2) is 0 Å². The number of methoxy groups -OCH3 is 2. The summed E-state index contributed by atoms with van der Waals surface area (Å²) >= 11 is 0. The molecule has 4 rings (SSSR count). The molecule has 7 heteroatoms. The van der Waals surface area contributed by atoms with Gasteiger partial charge in [0.1, 0.15) is 11.5 Å². The minimum atomic E-state index is -0.0526. The molecule has 2 aromatic carbocycles. The summed E-state index contributed by atoms with van der Waals surface area (Å²) in [6.07, 6.45) is 3.59. The van der Waals surface area contributed by atoms with Crippen molar-refractivity contribution < 1.29 is 23.8 Å². The van der Waals surface area contributed by atoms with Crippen molar-refractivity contribution in [2.24, 2.45) is 0 Å². The van der Waals surface area contributed by atoms with Gasteiger partial charge < -0.3 is 24.0 Å². The Hall–Kier alpha value is -3.06. The maximum absolute atomic E-state index is 13.4. The van der Waals surface area contributed by atoms with E-state index >= 15 is 0 Å². The number of likely N-dealkylation sites (tertiary alicyclic amines) is 1. The van der Waals surface area contributed by atoms with Gasteiger partial charge in [-0.05, 0) is 43.0 Å². The van der Waals surface area contributed by atoms with Gasteiger partial charge in [-0.2, -0.15) is 0 Å². The largest absolute Gasteiger partial charge is 0.497 e. The van der Waals surface area contributed by atoms with E-state index in [9.17, 15) is 9.59 Å². The smallest absolute Gasteiger partial charge is 0.257 e. The van der Waals surface area contributed by atoms with Gasteiger partial charge in [0, 0.05) is 57.4 Å². The lowest BCUT2D eigenvalue weighted by atomic mass is 9.95. The number of aryl methyl sites for hydroxylation is 1. The molecule has 2 aromatic rings. The van der Waals surface area contributed by atoms with Crippen molar-refractivity contribution >= 4 is 17.5 Å². The maximum Gasteiger partial charge on any atom is 0.257 e. The van der Waals surface area contributed by atoms with E-state index in [2.05, 4.69) is 6.07 Å². The Morgan fingerprint density at radius 3 is 2.58 bits per heavy atom. The number of fused-ring (bicyclic) bond motifs is 1. The lowest BCUT2D eigenvalue weighted by Gasteiger charge is -2.41. The van der Waals surface area contributed by atoms with E-state index in [4.69, 9.17) is 14.2 Å². The number of carbonyl (C=O) groups excluding carboxylic acids is 2. The molecule has 2 aliphatic heterocycles. The van der Waals surface area contributed by atoms with Crippen molar-refractivity contribution in [2.75, 3.05) is 45.4 Å². The number of hydrogen-bond donors (Lipinski definition) is 0. The second-order valence-electron chi connectivity index (χ2n) is 8.47. The fraction of sp³-hybridized carbons (Fsp3) is 0.462. The van der Waals surface area contributed by atoms with Crippen LogP contribution in [0.3, 0.4) is 0 Å². The molecule has 0 bridgehead atoms. The van der Waals surface area contributed by atoms with Gasteiger partial charge in [0.2, 0.25) is 5.91 Å². The SMILES string of the molecule is COCCCOc1cc(OC)ccc1C(=O)N1CCC(N2C(=O)CCc3ccccc32)CC1. The summed E-state index contributed by atoms with van der Waals surface area (Å²) in [4.78, 5) is 29.9. The highest BCUT2D eigenvalue weighted by Crippen LogP contribution is 2.33. The third-order valence-electron chi connectivity index (χ3n) is 6.41. The van der Waals surface area contributed by atoms with E-state index in [0.29, 0.717) is 49.8 Å². The van der Waals surface area contributed by atoms with Gasteiger partial charge in [-0.3, -0.25) is 9.59 Å². The van der Waals surface area contributed by atoms with Crippen LogP contribution < -0.4 is 14.4 Å². The van der Waals surface area contributed by atoms with Gasteiger partial charge in [-0.1, -0.05) is 18.2 Å². The first kappa shape index (κ1) is 23.1. The molecular formula is C26H32N2O5. The van der Waals surface area contributed by atoms with Crippen LogP contribution in [-0.4, -0.2) is 63.3 Å². The topological polar surface area (TPSA) is 68.3 Å². The van der Waals surface area contributed by atoms with Crippen LogP contribution in [0, 0.1) is 0 Å². The highest BCUT2D eigenvalue weighted by Gasteiger charge is 2.34. The maximum atomic E-state index is 13.4. The van der Waals surface area contributed by atoms with Gasteiger partial charge in [-0.15, -0.1) is 0 Å². The number of benzene rings is 2. The van der Waals surface area contributed by atoms with Crippen molar-refractivity contribution in [3.63, 3.8) is 0 Å². The lowest BCUT2D eigenvalue weighted by molar-refractivity contribution is -0.119. The molecule has 0 aromatic heterocycles. The highest BCUT2D eigenvalue weighted by molar-refractivity contribution is 5.98. The van der Waals surface area contributed by atoms with Gasteiger partial charge >= 0.3 is 0 Å². The molecule has 2 amide bonds. The van der Waals surface area contributed by atoms with Crippen LogP contribution in [0.4, 0.5) is 5.69 Å². The molecule has 2 aliphatic rings. The van der Waals surface area contributed by atoms with Gasteiger partial charge in [0.05, 0.1) is 19.3 Å². The second-order valence-corrected chi connectivity index (χ2v) is 8.47. The first-order valence-electron chi connectivity index (χ1n) is 11.6. The number of rotatable bonds is 8. The monoisotopic (exact) mass is 452 g/mol. The summed E-state index contributed by atoms with van der Waals surface area (Å²) in [5.74, 6) is 1.30. The predicted octanol–water partition coefficient (Wildman–Crippen LogP) is 3.69. The molecule has 2 heterocycles. The zero-order chi connectivity index (χ0) is 23.2. The van der Waals surface area contributed by atoms with Gasteiger partial charge in [0.15, 0.2) is 0 Å². The quantitative estimate of drug-likeness (QED) is 0.572. The molecule has 0 N–H and O–H groups in total. The number of amides is 2. The average Bonchev–Trinajstić information content (AvgIpc) is 2.86. The van der Waals surface area contributed by atoms with Crippen molar-refractivity contribution in [2.45, 2.75) is 38.1 Å². The van der Waals surface area contributed by atoms with Crippen molar-refractivity contribution in [3.8, 4) is 11.5 Å². The van der Waals surface area contributed by atoms with Crippen molar-refractivity contribution in [1.82, 2.24) is 4.90 Å². The predicted molar refractivity (Wildman–Crippen MR) is 126 cm³/mol. The number of carbonyl (C=O) groups is 2. The standard InChI is InChI=1S/C26H32N2O5/c1-31-16-5-17-33-24-18-21(32-2)9-10-22(24)26(30)27-14-12-20(13-15-27)28-23-7-4-3-6-19(23)8-11-25(28)29/h3-4,6-7,9-10,18,20H,5,8,11-17H2,1-2H3. The zero-order valence-electron chi connectivity index (χ0n) is 19.4. The van der Waals surface area contributed by atoms with Crippen LogP contribution in [-0.2, 0) is 16.0 Å². The van der Waals surface area contributed by atoms with E-state index in [1.165, 1.54) is 5.56 Å². The number of nitrogens with zero attached hydrogens (tertiary/aromatic N) is 2. The summed E-state index contributed by atoms with van der Waals surface area (Å²) in [5, 5.41) is 0. The normalized spacial score (nSPS) is 16.5. The number of piperidine rings is 1. The summed E-state index contributed by atoms with van der Waals surface area (Å²) < 4.78 is 16.3. The van der Waals surface area contributed by atoms with E-state index in [-0.39, 0.29) is 17.9 Å². The van der Waals surface area contributed by atoms with Crippen molar-refractivity contribution in [3.05, 3.63) is 53.6 Å². The van der Waals surface area contributed by atoms with Crippen LogP contribution in [0.15, 0.2) is 42.5 Å². The molecule has 7 nitrogen and oxygen atoms in total. The van der Waals surface area contributed by atoms with E-state index in [0.717, 1.165) is 31.4 Å². The van der Waals surface area contributed by atoms with Crippen molar-refractivity contribution in [1.29, 1.82) is 0 Å². The first-order chi connectivity index (χ1) is 16.1. The van der Waals surface area contributed by atoms with E-state index < -0.39 is 0 Å². The third-order valence-corrected chi connectivity index (χ3v) is 6.41. The number of anilines is 1. The Bertz CT molecular complexity index is 984. The number of para-hydroxylation sites is 1. The van der Waals surface area contributed by atoms with Gasteiger partial charge in [0.25, 0.3) is 5.91 Å². The summed E-state index contributed by atoms with van der Waals surface area (Å²) in [7, 11) is 3.25.